The molecule has 0 aliphatic carbocycles. The minimum atomic E-state index is -0.767. The summed E-state index contributed by atoms with van der Waals surface area (Å²) in [5.41, 5.74) is 2.51. The number of nitro groups is 1. The first-order valence-corrected chi connectivity index (χ1v) is 8.31. The molecule has 0 bridgehead atoms. The highest BCUT2D eigenvalue weighted by molar-refractivity contribution is 5.97. The standard InChI is InChI=1S/C19H19N3O6/c1-12-7-13(2)9-14(8-12)19(25)20-10-18(24)28-11-17(23)21-15-3-5-16(6-4-15)22(26)27/h3-9H,10-11H2,1-2H3,(H,20,25)(H,21,23). The van der Waals surface area contributed by atoms with Crippen molar-refractivity contribution in [1.82, 2.24) is 5.32 Å². The average Bonchev–Trinajstić information content (AvgIpc) is 2.64. The van der Waals surface area contributed by atoms with Crippen molar-refractivity contribution in [1.29, 1.82) is 0 Å². The molecule has 0 spiro atoms. The van der Waals surface area contributed by atoms with Gasteiger partial charge >= 0.3 is 5.97 Å². The zero-order chi connectivity index (χ0) is 20.7. The predicted octanol–water partition coefficient (Wildman–Crippen LogP) is 2.12. The Morgan fingerprint density at radius 2 is 1.64 bits per heavy atom. The maximum absolute atomic E-state index is 12.1. The van der Waals surface area contributed by atoms with Crippen molar-refractivity contribution in [3.63, 3.8) is 0 Å². The second kappa shape index (κ2) is 9.26. The molecule has 0 saturated heterocycles. The maximum Gasteiger partial charge on any atom is 0.325 e. The zero-order valence-electron chi connectivity index (χ0n) is 15.4. The van der Waals surface area contributed by atoms with Gasteiger partial charge in [-0.15, -0.1) is 0 Å². The lowest BCUT2D eigenvalue weighted by Gasteiger charge is -2.08. The zero-order valence-corrected chi connectivity index (χ0v) is 15.4. The van der Waals surface area contributed by atoms with Crippen molar-refractivity contribution >= 4 is 29.2 Å². The van der Waals surface area contributed by atoms with E-state index < -0.39 is 29.3 Å². The van der Waals surface area contributed by atoms with Gasteiger partial charge in [0.1, 0.15) is 6.54 Å². The predicted molar refractivity (Wildman–Crippen MR) is 101 cm³/mol. The second-order valence-corrected chi connectivity index (χ2v) is 6.07. The number of esters is 1. The third-order valence-corrected chi connectivity index (χ3v) is 3.60. The van der Waals surface area contributed by atoms with Crippen LogP contribution in [0.3, 0.4) is 0 Å². The van der Waals surface area contributed by atoms with Gasteiger partial charge in [0.05, 0.1) is 4.92 Å². The van der Waals surface area contributed by atoms with Gasteiger partial charge < -0.3 is 15.4 Å². The van der Waals surface area contributed by atoms with E-state index in [1.165, 1.54) is 24.3 Å². The smallest absolute Gasteiger partial charge is 0.325 e. The van der Waals surface area contributed by atoms with E-state index >= 15 is 0 Å². The normalized spacial score (nSPS) is 10.1. The van der Waals surface area contributed by atoms with Gasteiger partial charge in [0.25, 0.3) is 17.5 Å². The Bertz CT molecular complexity index is 888. The topological polar surface area (TPSA) is 128 Å². The van der Waals surface area contributed by atoms with E-state index in [1.54, 1.807) is 12.1 Å². The Labute approximate surface area is 160 Å². The number of nitrogens with zero attached hydrogens (tertiary/aromatic N) is 1. The molecule has 0 aromatic heterocycles. The largest absolute Gasteiger partial charge is 0.454 e. The fraction of sp³-hybridized carbons (Fsp3) is 0.211. The molecule has 9 nitrogen and oxygen atoms in total. The lowest BCUT2D eigenvalue weighted by atomic mass is 10.1. The van der Waals surface area contributed by atoms with Gasteiger partial charge in [-0.1, -0.05) is 17.2 Å². The van der Waals surface area contributed by atoms with Crippen LogP contribution in [0.2, 0.25) is 0 Å². The SMILES string of the molecule is Cc1cc(C)cc(C(=O)NCC(=O)OCC(=O)Nc2ccc([N+](=O)[O-])cc2)c1. The van der Waals surface area contributed by atoms with Crippen molar-refractivity contribution in [2.45, 2.75) is 13.8 Å². The number of non-ortho nitro benzene ring substituents is 1. The van der Waals surface area contributed by atoms with Crippen molar-refractivity contribution in [3.8, 4) is 0 Å². The lowest BCUT2D eigenvalue weighted by molar-refractivity contribution is -0.384. The summed E-state index contributed by atoms with van der Waals surface area (Å²) in [6.07, 6.45) is 0. The summed E-state index contributed by atoms with van der Waals surface area (Å²) in [5, 5.41) is 15.5. The molecule has 0 saturated carbocycles. The number of rotatable bonds is 7. The highest BCUT2D eigenvalue weighted by Crippen LogP contribution is 2.15. The molecule has 0 radical (unpaired) electrons. The quantitative estimate of drug-likeness (QED) is 0.427. The Kier molecular flexibility index (Phi) is 6.80. The summed E-state index contributed by atoms with van der Waals surface area (Å²) in [4.78, 5) is 45.5. The van der Waals surface area contributed by atoms with Gasteiger partial charge in [0.15, 0.2) is 6.61 Å². The third-order valence-electron chi connectivity index (χ3n) is 3.60. The molecule has 2 rings (SSSR count). The number of hydrogen-bond acceptors (Lipinski definition) is 6. The molecule has 0 heterocycles. The summed E-state index contributed by atoms with van der Waals surface area (Å²) in [5.74, 6) is -1.79. The maximum atomic E-state index is 12.1. The average molecular weight is 385 g/mol. The number of carbonyl (C=O) groups excluding carboxylic acids is 3. The van der Waals surface area contributed by atoms with E-state index in [1.807, 2.05) is 19.9 Å². The minimum absolute atomic E-state index is 0.107. The van der Waals surface area contributed by atoms with Gasteiger partial charge in [-0.2, -0.15) is 0 Å². The van der Waals surface area contributed by atoms with E-state index in [2.05, 4.69) is 10.6 Å². The Balaban J connectivity index is 1.76. The molecule has 2 aromatic carbocycles. The summed E-state index contributed by atoms with van der Waals surface area (Å²) in [6.45, 7) is 2.80. The number of anilines is 1. The van der Waals surface area contributed by atoms with E-state index in [0.29, 0.717) is 11.3 Å². The summed E-state index contributed by atoms with van der Waals surface area (Å²) in [7, 11) is 0. The van der Waals surface area contributed by atoms with Crippen LogP contribution in [0.15, 0.2) is 42.5 Å². The minimum Gasteiger partial charge on any atom is -0.454 e. The van der Waals surface area contributed by atoms with E-state index in [0.717, 1.165) is 11.1 Å². The molecule has 0 aliphatic rings. The van der Waals surface area contributed by atoms with Crippen LogP contribution in [0, 0.1) is 24.0 Å². The monoisotopic (exact) mass is 385 g/mol. The van der Waals surface area contributed by atoms with Crippen LogP contribution in [0.1, 0.15) is 21.5 Å². The Morgan fingerprint density at radius 1 is 1.04 bits per heavy atom. The van der Waals surface area contributed by atoms with E-state index in [-0.39, 0.29) is 12.2 Å². The van der Waals surface area contributed by atoms with E-state index in [4.69, 9.17) is 4.74 Å². The summed E-state index contributed by atoms with van der Waals surface area (Å²) < 4.78 is 4.80. The van der Waals surface area contributed by atoms with Crippen molar-refractivity contribution < 1.29 is 24.0 Å². The number of ether oxygens (including phenoxy) is 1. The lowest BCUT2D eigenvalue weighted by Crippen LogP contribution is -2.32. The number of benzene rings is 2. The molecular formula is C19H19N3O6. The molecule has 0 atom stereocenters. The first-order chi connectivity index (χ1) is 13.2. The van der Waals surface area contributed by atoms with Crippen LogP contribution >= 0.6 is 0 Å². The second-order valence-electron chi connectivity index (χ2n) is 6.07. The van der Waals surface area contributed by atoms with Crippen LogP contribution in [-0.4, -0.2) is 35.9 Å². The molecule has 2 aromatic rings. The number of aryl methyl sites for hydroxylation is 2. The van der Waals surface area contributed by atoms with Gasteiger partial charge in [0.2, 0.25) is 0 Å². The van der Waals surface area contributed by atoms with Crippen LogP contribution in [0.25, 0.3) is 0 Å². The highest BCUT2D eigenvalue weighted by atomic mass is 16.6. The first kappa shape index (κ1) is 20.6. The third kappa shape index (κ3) is 6.20. The van der Waals surface area contributed by atoms with Crippen LogP contribution in [0.5, 0.6) is 0 Å². The van der Waals surface area contributed by atoms with Crippen molar-refractivity contribution in [2.24, 2.45) is 0 Å². The number of nitrogens with one attached hydrogen (secondary N) is 2. The molecule has 0 aliphatic heterocycles. The van der Waals surface area contributed by atoms with Gasteiger partial charge in [-0.25, -0.2) is 0 Å². The van der Waals surface area contributed by atoms with Crippen molar-refractivity contribution in [3.05, 3.63) is 69.3 Å². The van der Waals surface area contributed by atoms with Crippen molar-refractivity contribution in [2.75, 3.05) is 18.5 Å². The summed E-state index contributed by atoms with van der Waals surface area (Å²) >= 11 is 0. The Hall–Kier alpha value is -3.75. The molecule has 9 heteroatoms. The first-order valence-electron chi connectivity index (χ1n) is 8.31. The molecule has 0 unspecified atom stereocenters. The number of carbonyl (C=O) groups is 3. The molecule has 0 fully saturated rings. The van der Waals surface area contributed by atoms with Gasteiger partial charge in [-0.3, -0.25) is 24.5 Å². The number of nitro benzene ring substituents is 1. The van der Waals surface area contributed by atoms with Crippen LogP contribution in [0.4, 0.5) is 11.4 Å². The molecule has 2 N–H and O–H groups in total. The Morgan fingerprint density at radius 3 is 2.21 bits per heavy atom. The molecule has 28 heavy (non-hydrogen) atoms. The fourth-order valence-electron chi connectivity index (χ4n) is 2.42. The fourth-order valence-corrected chi connectivity index (χ4v) is 2.42. The van der Waals surface area contributed by atoms with E-state index in [9.17, 15) is 24.5 Å². The highest BCUT2D eigenvalue weighted by Gasteiger charge is 2.12. The molecule has 146 valence electrons. The molecule has 2 amide bonds. The summed E-state index contributed by atoms with van der Waals surface area (Å²) in [6, 6.07) is 10.5. The number of hydrogen-bond donors (Lipinski definition) is 2. The van der Waals surface area contributed by atoms with Gasteiger partial charge in [0, 0.05) is 23.4 Å². The van der Waals surface area contributed by atoms with Crippen LogP contribution < -0.4 is 10.6 Å². The van der Waals surface area contributed by atoms with Gasteiger partial charge in [-0.05, 0) is 38.1 Å². The van der Waals surface area contributed by atoms with Crippen LogP contribution in [-0.2, 0) is 14.3 Å². The molecular weight excluding hydrogens is 366 g/mol. The number of amides is 2.